The molecule has 2 aromatic heterocycles. The number of amides is 1. The minimum Gasteiger partial charge on any atom is -0.488 e. The van der Waals surface area contributed by atoms with Crippen molar-refractivity contribution in [1.29, 1.82) is 0 Å². The fraction of sp³-hybridized carbons (Fsp3) is 0.320. The van der Waals surface area contributed by atoms with Gasteiger partial charge in [-0.25, -0.2) is 0 Å². The number of aryl methyl sites for hydroxylation is 2. The van der Waals surface area contributed by atoms with Crippen LogP contribution in [0.5, 0.6) is 5.75 Å². The van der Waals surface area contributed by atoms with Gasteiger partial charge in [-0.15, -0.1) is 0 Å². The summed E-state index contributed by atoms with van der Waals surface area (Å²) in [6.45, 7) is 5.76. The number of rotatable bonds is 7. The number of nitrogens with zero attached hydrogens (tertiary/aromatic N) is 2. The molecular formula is C25H27N3O3. The van der Waals surface area contributed by atoms with Gasteiger partial charge in [0.1, 0.15) is 11.9 Å². The predicted molar refractivity (Wildman–Crippen MR) is 119 cm³/mol. The Morgan fingerprint density at radius 2 is 2.03 bits per heavy atom. The van der Waals surface area contributed by atoms with Crippen molar-refractivity contribution in [2.45, 2.75) is 32.8 Å². The Bertz CT molecular complexity index is 1030. The van der Waals surface area contributed by atoms with E-state index in [9.17, 15) is 4.79 Å². The molecule has 4 rings (SSSR count). The van der Waals surface area contributed by atoms with Crippen LogP contribution in [0.3, 0.4) is 0 Å². The summed E-state index contributed by atoms with van der Waals surface area (Å²) >= 11 is 0. The Balaban J connectivity index is 1.51. The van der Waals surface area contributed by atoms with Crippen LogP contribution in [0.4, 0.5) is 0 Å². The van der Waals surface area contributed by atoms with E-state index in [-0.39, 0.29) is 12.0 Å². The van der Waals surface area contributed by atoms with Gasteiger partial charge in [-0.3, -0.25) is 14.8 Å². The molecule has 0 spiro atoms. The molecule has 1 amide bonds. The Hall–Kier alpha value is -3.25. The molecule has 1 atom stereocenters. The Morgan fingerprint density at radius 3 is 2.74 bits per heavy atom. The topological polar surface area (TPSA) is 73.3 Å². The zero-order valence-corrected chi connectivity index (χ0v) is 17.9. The second-order valence-corrected chi connectivity index (χ2v) is 7.88. The second-order valence-electron chi connectivity index (χ2n) is 7.88. The lowest BCUT2D eigenvalue weighted by Gasteiger charge is -2.15. The minimum atomic E-state index is -0.137. The van der Waals surface area contributed by atoms with Gasteiger partial charge >= 0.3 is 0 Å². The average Bonchev–Trinajstić information content (AvgIpc) is 3.28. The molecule has 1 unspecified atom stereocenters. The molecule has 1 aliphatic heterocycles. The Morgan fingerprint density at radius 1 is 1.13 bits per heavy atom. The molecule has 1 aliphatic rings. The van der Waals surface area contributed by atoms with Gasteiger partial charge in [0.05, 0.1) is 18.9 Å². The molecule has 1 aromatic carbocycles. The van der Waals surface area contributed by atoms with Gasteiger partial charge in [-0.05, 0) is 61.7 Å². The summed E-state index contributed by atoms with van der Waals surface area (Å²) in [5.74, 6) is 0.518. The lowest BCUT2D eigenvalue weighted by molar-refractivity contribution is 0.0953. The second kappa shape index (κ2) is 9.71. The van der Waals surface area contributed by atoms with Crippen molar-refractivity contribution in [2.24, 2.45) is 0 Å². The number of ether oxygens (including phenoxy) is 2. The number of carbonyl (C=O) groups is 1. The van der Waals surface area contributed by atoms with E-state index in [1.54, 1.807) is 6.07 Å². The molecule has 6 nitrogen and oxygen atoms in total. The van der Waals surface area contributed by atoms with Gasteiger partial charge in [0.2, 0.25) is 0 Å². The number of benzene rings is 1. The van der Waals surface area contributed by atoms with Crippen molar-refractivity contribution in [2.75, 3.05) is 19.8 Å². The van der Waals surface area contributed by atoms with Crippen LogP contribution in [0.1, 0.15) is 33.6 Å². The van der Waals surface area contributed by atoms with E-state index in [1.807, 2.05) is 62.6 Å². The summed E-state index contributed by atoms with van der Waals surface area (Å²) in [6.07, 6.45) is 5.25. The summed E-state index contributed by atoms with van der Waals surface area (Å²) in [5.41, 5.74) is 5.37. The van der Waals surface area contributed by atoms with Gasteiger partial charge in [-0.2, -0.15) is 0 Å². The molecule has 3 aromatic rings. The molecule has 0 bridgehead atoms. The first kappa shape index (κ1) is 21.0. The highest BCUT2D eigenvalue weighted by Gasteiger charge is 2.19. The molecular weight excluding hydrogens is 390 g/mol. The molecule has 31 heavy (non-hydrogen) atoms. The minimum absolute atomic E-state index is 0.00572. The molecule has 0 saturated carbocycles. The summed E-state index contributed by atoms with van der Waals surface area (Å²) in [5, 5.41) is 3.00. The highest BCUT2D eigenvalue weighted by Crippen LogP contribution is 2.27. The Kier molecular flexibility index (Phi) is 6.57. The van der Waals surface area contributed by atoms with Crippen molar-refractivity contribution in [3.05, 3.63) is 77.2 Å². The first-order valence-electron chi connectivity index (χ1n) is 10.6. The smallest absolute Gasteiger partial charge is 0.251 e. The molecule has 0 aliphatic carbocycles. The molecule has 160 valence electrons. The number of pyridine rings is 2. The lowest BCUT2D eigenvalue weighted by Crippen LogP contribution is -2.26. The highest BCUT2D eigenvalue weighted by molar-refractivity contribution is 5.96. The summed E-state index contributed by atoms with van der Waals surface area (Å²) in [7, 11) is 0. The fourth-order valence-electron chi connectivity index (χ4n) is 3.45. The SMILES string of the molecule is Cc1ccc(-c2cc(OC3CCOC3)cc(C(=O)NCCc3ccc(C)nc3)c2)nc1. The van der Waals surface area contributed by atoms with E-state index in [0.717, 1.165) is 40.9 Å². The van der Waals surface area contributed by atoms with Crippen LogP contribution in [-0.2, 0) is 11.2 Å². The number of hydrogen-bond acceptors (Lipinski definition) is 5. The number of carbonyl (C=O) groups excluding carboxylic acids is 1. The zero-order valence-electron chi connectivity index (χ0n) is 17.9. The third-order valence-corrected chi connectivity index (χ3v) is 5.24. The number of nitrogens with one attached hydrogen (secondary N) is 1. The van der Waals surface area contributed by atoms with E-state index in [0.29, 0.717) is 31.1 Å². The van der Waals surface area contributed by atoms with E-state index in [1.165, 1.54) is 0 Å². The molecule has 1 fully saturated rings. The molecule has 6 heteroatoms. The summed E-state index contributed by atoms with van der Waals surface area (Å²) in [6, 6.07) is 13.6. The van der Waals surface area contributed by atoms with E-state index < -0.39 is 0 Å². The van der Waals surface area contributed by atoms with Crippen molar-refractivity contribution < 1.29 is 14.3 Å². The Labute approximate surface area is 182 Å². The number of hydrogen-bond donors (Lipinski definition) is 1. The molecule has 0 radical (unpaired) electrons. The van der Waals surface area contributed by atoms with Gasteiger partial charge in [-0.1, -0.05) is 12.1 Å². The maximum Gasteiger partial charge on any atom is 0.251 e. The van der Waals surface area contributed by atoms with Crippen molar-refractivity contribution in [3.63, 3.8) is 0 Å². The van der Waals surface area contributed by atoms with Gasteiger partial charge in [0, 0.05) is 42.2 Å². The van der Waals surface area contributed by atoms with Crippen LogP contribution >= 0.6 is 0 Å². The largest absolute Gasteiger partial charge is 0.488 e. The molecule has 1 saturated heterocycles. The van der Waals surface area contributed by atoms with Crippen LogP contribution in [0, 0.1) is 13.8 Å². The maximum absolute atomic E-state index is 12.9. The number of aromatic nitrogens is 2. The van der Waals surface area contributed by atoms with Gasteiger partial charge in [0.25, 0.3) is 5.91 Å². The van der Waals surface area contributed by atoms with Crippen LogP contribution in [0.15, 0.2) is 54.9 Å². The lowest BCUT2D eigenvalue weighted by atomic mass is 10.1. The highest BCUT2D eigenvalue weighted by atomic mass is 16.5. The van der Waals surface area contributed by atoms with E-state index >= 15 is 0 Å². The van der Waals surface area contributed by atoms with E-state index in [4.69, 9.17) is 9.47 Å². The van der Waals surface area contributed by atoms with Crippen molar-refractivity contribution in [1.82, 2.24) is 15.3 Å². The first-order valence-corrected chi connectivity index (χ1v) is 10.6. The standard InChI is InChI=1S/C25H27N3O3/c1-17-3-6-24(28-14-17)20-11-21(13-23(12-20)31-22-8-10-30-16-22)25(29)26-9-7-19-5-4-18(2)27-15-19/h3-6,11-15,22H,7-10,16H2,1-2H3,(H,26,29). The monoisotopic (exact) mass is 417 g/mol. The van der Waals surface area contributed by atoms with Gasteiger partial charge < -0.3 is 14.8 Å². The van der Waals surface area contributed by atoms with Crippen LogP contribution < -0.4 is 10.1 Å². The summed E-state index contributed by atoms with van der Waals surface area (Å²) < 4.78 is 11.5. The van der Waals surface area contributed by atoms with Crippen molar-refractivity contribution >= 4 is 5.91 Å². The third kappa shape index (κ3) is 5.67. The predicted octanol–water partition coefficient (Wildman–Crippen LogP) is 3.90. The van der Waals surface area contributed by atoms with Crippen molar-refractivity contribution in [3.8, 4) is 17.0 Å². The molecule has 1 N–H and O–H groups in total. The zero-order chi connectivity index (χ0) is 21.6. The quantitative estimate of drug-likeness (QED) is 0.631. The van der Waals surface area contributed by atoms with Crippen LogP contribution in [-0.4, -0.2) is 41.7 Å². The van der Waals surface area contributed by atoms with Crippen LogP contribution in [0.25, 0.3) is 11.3 Å². The molecule has 3 heterocycles. The normalized spacial score (nSPS) is 15.6. The van der Waals surface area contributed by atoms with Crippen LogP contribution in [0.2, 0.25) is 0 Å². The van der Waals surface area contributed by atoms with E-state index in [2.05, 4.69) is 15.3 Å². The van der Waals surface area contributed by atoms with Gasteiger partial charge in [0.15, 0.2) is 0 Å². The average molecular weight is 418 g/mol. The fourth-order valence-corrected chi connectivity index (χ4v) is 3.45. The summed E-state index contributed by atoms with van der Waals surface area (Å²) in [4.78, 5) is 21.7. The maximum atomic E-state index is 12.9. The first-order chi connectivity index (χ1) is 15.1. The third-order valence-electron chi connectivity index (χ3n) is 5.24.